The molecule has 1 aliphatic heterocycles. The summed E-state index contributed by atoms with van der Waals surface area (Å²) in [5.74, 6) is -3.91. The number of benzene rings is 2. The van der Waals surface area contributed by atoms with E-state index in [-0.39, 0.29) is 11.3 Å². The van der Waals surface area contributed by atoms with Crippen LogP contribution < -0.4 is 14.3 Å². The van der Waals surface area contributed by atoms with Gasteiger partial charge >= 0.3 is 10.4 Å². The van der Waals surface area contributed by atoms with Crippen LogP contribution in [0, 0.1) is 0 Å². The highest BCUT2D eigenvalue weighted by molar-refractivity contribution is 7.81. The maximum Gasteiger partial charge on any atom is 0.446 e. The van der Waals surface area contributed by atoms with Gasteiger partial charge in [0.15, 0.2) is 28.3 Å². The van der Waals surface area contributed by atoms with Crippen LogP contribution in [0.3, 0.4) is 0 Å². The van der Waals surface area contributed by atoms with E-state index in [0.717, 1.165) is 24.3 Å². The molecule has 0 bridgehead atoms. The van der Waals surface area contributed by atoms with Crippen molar-refractivity contribution in [1.29, 1.82) is 0 Å². The molecule has 5 atom stereocenters. The molecule has 0 radical (unpaired) electrons. The standard InChI is InChI=1S/C21H20O15S/c22-6-14-16(27)17(28)18(29)21(34-14)35-19-11(26)4-9(24)15-10(25)5-12(33-20(15)19)7-1-2-8(23)13(3-7)36-37(30,31)32/h1-5,14,16-18,21-24,26-29H,6H2,(H,30,31,32)/t14-,16-,17+,18-,21+/m1/s1. The van der Waals surface area contributed by atoms with Gasteiger partial charge in [-0.15, -0.1) is 0 Å². The predicted octanol–water partition coefficient (Wildman–Crippen LogP) is -1.06. The van der Waals surface area contributed by atoms with Gasteiger partial charge in [-0.3, -0.25) is 9.35 Å². The molecule has 16 heteroatoms. The normalized spacial score (nSPS) is 24.2. The van der Waals surface area contributed by atoms with Crippen LogP contribution in [0.15, 0.2) is 39.5 Å². The number of rotatable bonds is 6. The van der Waals surface area contributed by atoms with E-state index >= 15 is 0 Å². The van der Waals surface area contributed by atoms with Crippen molar-refractivity contribution < 1.29 is 66.8 Å². The van der Waals surface area contributed by atoms with Gasteiger partial charge in [0.1, 0.15) is 41.3 Å². The van der Waals surface area contributed by atoms with Gasteiger partial charge in [0.05, 0.1) is 6.61 Å². The Hall–Kier alpha value is -3.64. The number of phenolic OH excluding ortho intramolecular Hbond substituents is 3. The van der Waals surface area contributed by atoms with Gasteiger partial charge < -0.3 is 53.8 Å². The first-order valence-electron chi connectivity index (χ1n) is 10.3. The molecule has 0 amide bonds. The number of aliphatic hydroxyl groups is 4. The topological polar surface area (TPSA) is 254 Å². The molecule has 200 valence electrons. The molecule has 1 fully saturated rings. The van der Waals surface area contributed by atoms with Crippen molar-refractivity contribution in [2.24, 2.45) is 0 Å². The Kier molecular flexibility index (Phi) is 6.91. The van der Waals surface area contributed by atoms with Gasteiger partial charge in [-0.05, 0) is 18.2 Å². The zero-order valence-electron chi connectivity index (χ0n) is 18.3. The Balaban J connectivity index is 1.84. The van der Waals surface area contributed by atoms with Crippen molar-refractivity contribution in [3.63, 3.8) is 0 Å². The first-order valence-corrected chi connectivity index (χ1v) is 11.7. The molecule has 0 spiro atoms. The molecule has 37 heavy (non-hydrogen) atoms. The van der Waals surface area contributed by atoms with E-state index in [1.807, 2.05) is 0 Å². The van der Waals surface area contributed by atoms with Crippen LogP contribution >= 0.6 is 0 Å². The summed E-state index contributed by atoms with van der Waals surface area (Å²) in [6.07, 6.45) is -8.60. The summed E-state index contributed by atoms with van der Waals surface area (Å²) in [6.45, 7) is -0.777. The van der Waals surface area contributed by atoms with E-state index < -0.39 is 92.9 Å². The maximum absolute atomic E-state index is 12.8. The number of ether oxygens (including phenoxy) is 2. The highest BCUT2D eigenvalue weighted by atomic mass is 32.3. The number of fused-ring (bicyclic) bond motifs is 1. The fourth-order valence-corrected chi connectivity index (χ4v) is 4.02. The van der Waals surface area contributed by atoms with Crippen molar-refractivity contribution in [3.05, 3.63) is 40.6 Å². The van der Waals surface area contributed by atoms with Crippen molar-refractivity contribution in [3.8, 4) is 40.1 Å². The largest absolute Gasteiger partial charge is 0.507 e. The minimum atomic E-state index is -5.03. The van der Waals surface area contributed by atoms with Crippen LogP contribution in [-0.4, -0.2) is 86.0 Å². The lowest BCUT2D eigenvalue weighted by Crippen LogP contribution is -2.60. The Labute approximate surface area is 206 Å². The van der Waals surface area contributed by atoms with Gasteiger partial charge in [-0.25, -0.2) is 0 Å². The quantitative estimate of drug-likeness (QED) is 0.172. The highest BCUT2D eigenvalue weighted by Gasteiger charge is 2.45. The molecule has 3 aromatic rings. The third kappa shape index (κ3) is 5.12. The average molecular weight is 544 g/mol. The second-order valence-electron chi connectivity index (χ2n) is 7.93. The van der Waals surface area contributed by atoms with Crippen LogP contribution in [0.1, 0.15) is 0 Å². The van der Waals surface area contributed by atoms with E-state index in [0.29, 0.717) is 0 Å². The van der Waals surface area contributed by atoms with Gasteiger partial charge in [0.2, 0.25) is 12.0 Å². The molecule has 1 aliphatic rings. The molecule has 2 heterocycles. The summed E-state index contributed by atoms with van der Waals surface area (Å²) in [5.41, 5.74) is -1.53. The number of aliphatic hydroxyl groups excluding tert-OH is 4. The molecule has 0 unspecified atom stereocenters. The van der Waals surface area contributed by atoms with Crippen molar-refractivity contribution in [1.82, 2.24) is 0 Å². The molecular weight excluding hydrogens is 524 g/mol. The average Bonchev–Trinajstić information content (AvgIpc) is 2.81. The van der Waals surface area contributed by atoms with Crippen molar-refractivity contribution in [2.45, 2.75) is 30.7 Å². The van der Waals surface area contributed by atoms with Gasteiger partial charge in [0.25, 0.3) is 0 Å². The van der Waals surface area contributed by atoms with Crippen LogP contribution in [0.25, 0.3) is 22.3 Å². The number of aromatic hydroxyl groups is 3. The lowest BCUT2D eigenvalue weighted by Gasteiger charge is -2.39. The lowest BCUT2D eigenvalue weighted by atomic mass is 9.99. The Morgan fingerprint density at radius 3 is 2.27 bits per heavy atom. The molecule has 0 saturated carbocycles. The zero-order chi connectivity index (χ0) is 27.2. The fourth-order valence-electron chi connectivity index (χ4n) is 3.66. The monoisotopic (exact) mass is 544 g/mol. The number of hydrogen-bond donors (Lipinski definition) is 8. The summed E-state index contributed by atoms with van der Waals surface area (Å²) in [6, 6.07) is 4.65. The Morgan fingerprint density at radius 2 is 1.62 bits per heavy atom. The smallest absolute Gasteiger partial charge is 0.446 e. The van der Waals surface area contributed by atoms with Gasteiger partial charge in [-0.1, -0.05) is 0 Å². The molecular formula is C21H20O15S. The SMILES string of the molecule is O=c1cc(-c2ccc(O)c(OS(=O)(=O)O)c2)oc2c(O[C@@H]3O[C@H](CO)[C@@H](O)[C@H](O)[C@H]3O)c(O)cc(O)c12. The Bertz CT molecular complexity index is 1500. The second-order valence-corrected chi connectivity index (χ2v) is 8.95. The van der Waals surface area contributed by atoms with Crippen LogP contribution in [-0.2, 0) is 15.1 Å². The highest BCUT2D eigenvalue weighted by Crippen LogP contribution is 2.42. The molecule has 8 N–H and O–H groups in total. The number of phenols is 3. The molecule has 4 rings (SSSR count). The minimum absolute atomic E-state index is 0.0722. The number of hydrogen-bond acceptors (Lipinski definition) is 14. The molecule has 2 aromatic carbocycles. The van der Waals surface area contributed by atoms with E-state index in [1.165, 1.54) is 6.07 Å². The molecule has 1 aromatic heterocycles. The zero-order valence-corrected chi connectivity index (χ0v) is 19.1. The van der Waals surface area contributed by atoms with E-state index in [1.54, 1.807) is 0 Å². The first-order chi connectivity index (χ1) is 17.3. The van der Waals surface area contributed by atoms with Crippen LogP contribution in [0.2, 0.25) is 0 Å². The summed E-state index contributed by atoms with van der Waals surface area (Å²) in [7, 11) is -5.03. The molecule has 1 saturated heterocycles. The van der Waals surface area contributed by atoms with E-state index in [4.69, 9.17) is 18.4 Å². The third-order valence-electron chi connectivity index (χ3n) is 5.44. The van der Waals surface area contributed by atoms with Crippen LogP contribution in [0.4, 0.5) is 0 Å². The summed E-state index contributed by atoms with van der Waals surface area (Å²) >= 11 is 0. The molecule has 15 nitrogen and oxygen atoms in total. The van der Waals surface area contributed by atoms with Crippen LogP contribution in [0.5, 0.6) is 28.7 Å². The van der Waals surface area contributed by atoms with E-state index in [2.05, 4.69) is 4.18 Å². The lowest BCUT2D eigenvalue weighted by molar-refractivity contribution is -0.277. The Morgan fingerprint density at radius 1 is 0.919 bits per heavy atom. The first kappa shape index (κ1) is 26.4. The maximum atomic E-state index is 12.8. The van der Waals surface area contributed by atoms with Gasteiger partial charge in [0, 0.05) is 17.7 Å². The predicted molar refractivity (Wildman–Crippen MR) is 119 cm³/mol. The van der Waals surface area contributed by atoms with Gasteiger partial charge in [-0.2, -0.15) is 8.42 Å². The fraction of sp³-hybridized carbons (Fsp3) is 0.286. The summed E-state index contributed by atoms with van der Waals surface area (Å²) in [4.78, 5) is 12.8. The molecule has 0 aliphatic carbocycles. The van der Waals surface area contributed by atoms with Crippen molar-refractivity contribution in [2.75, 3.05) is 6.61 Å². The van der Waals surface area contributed by atoms with Crippen molar-refractivity contribution >= 4 is 21.4 Å². The second kappa shape index (κ2) is 9.67. The van der Waals surface area contributed by atoms with E-state index in [9.17, 15) is 49.0 Å². The third-order valence-corrected chi connectivity index (χ3v) is 5.83. The summed E-state index contributed by atoms with van der Waals surface area (Å²) in [5, 5.41) is 69.5. The summed E-state index contributed by atoms with van der Waals surface area (Å²) < 4.78 is 51.6. The minimum Gasteiger partial charge on any atom is -0.507 e.